The summed E-state index contributed by atoms with van der Waals surface area (Å²) in [5.41, 5.74) is 1.75. The van der Waals surface area contributed by atoms with Crippen LogP contribution in [0.5, 0.6) is 0 Å². The summed E-state index contributed by atoms with van der Waals surface area (Å²) in [5.74, 6) is 0.701. The van der Waals surface area contributed by atoms with E-state index in [9.17, 15) is 4.39 Å². The minimum Gasteiger partial charge on any atom is -0.324 e. The number of alkyl halides is 1. The molecule has 1 aromatic carbocycles. The number of nitrogens with zero attached hydrogens (tertiary/aromatic N) is 2. The molecule has 2 nitrogen and oxygen atoms in total. The second-order valence-corrected chi connectivity index (χ2v) is 7.67. The maximum absolute atomic E-state index is 14.0. The van der Waals surface area contributed by atoms with E-state index in [-0.39, 0.29) is 11.2 Å². The van der Waals surface area contributed by atoms with Crippen LogP contribution in [0.15, 0.2) is 12.1 Å². The van der Waals surface area contributed by atoms with Gasteiger partial charge in [0.15, 0.2) is 0 Å². The molecule has 1 unspecified atom stereocenters. The summed E-state index contributed by atoms with van der Waals surface area (Å²) >= 11 is 8.35. The number of fused-ring (bicyclic) bond motifs is 1. The van der Waals surface area contributed by atoms with Crippen molar-refractivity contribution in [3.63, 3.8) is 0 Å². The van der Waals surface area contributed by atoms with Gasteiger partial charge in [0.2, 0.25) is 0 Å². The Morgan fingerprint density at radius 2 is 1.95 bits per heavy atom. The molecule has 114 valence electrons. The molecule has 1 aliphatic rings. The third-order valence-corrected chi connectivity index (χ3v) is 5.33. The largest absolute Gasteiger partial charge is 0.324 e. The first-order chi connectivity index (χ1) is 10.1. The molecule has 3 rings (SSSR count). The Hall–Kier alpha value is -0.360. The van der Waals surface area contributed by atoms with Crippen LogP contribution in [-0.4, -0.2) is 9.55 Å². The Bertz CT molecular complexity index is 645. The Balaban J connectivity index is 2.17. The molecule has 0 aliphatic heterocycles. The van der Waals surface area contributed by atoms with Crippen molar-refractivity contribution in [2.45, 2.75) is 56.9 Å². The average Bonchev–Trinajstić information content (AvgIpc) is 2.63. The predicted molar refractivity (Wildman–Crippen MR) is 93.4 cm³/mol. The zero-order valence-electron chi connectivity index (χ0n) is 12.1. The number of rotatable bonds is 2. The number of halogens is 3. The minimum atomic E-state index is -0.174. The summed E-state index contributed by atoms with van der Waals surface area (Å²) in [4.78, 5) is 4.68. The lowest BCUT2D eigenvalue weighted by Gasteiger charge is -2.21. The third kappa shape index (κ3) is 3.07. The molecule has 21 heavy (non-hydrogen) atoms. The Morgan fingerprint density at radius 3 is 2.57 bits per heavy atom. The van der Waals surface area contributed by atoms with Crippen LogP contribution in [0.25, 0.3) is 11.0 Å². The molecule has 0 amide bonds. The van der Waals surface area contributed by atoms with Gasteiger partial charge < -0.3 is 4.57 Å². The summed E-state index contributed by atoms with van der Waals surface area (Å²) in [6, 6.07) is 3.84. The van der Waals surface area contributed by atoms with Crippen LogP contribution >= 0.6 is 34.2 Å². The Kier molecular flexibility index (Phi) is 4.74. The minimum absolute atomic E-state index is 0.165. The topological polar surface area (TPSA) is 17.8 Å². The second-order valence-electron chi connectivity index (χ2n) is 5.86. The molecule has 1 saturated carbocycles. The van der Waals surface area contributed by atoms with Gasteiger partial charge >= 0.3 is 0 Å². The molecule has 1 aliphatic carbocycles. The van der Waals surface area contributed by atoms with E-state index in [4.69, 9.17) is 11.6 Å². The Morgan fingerprint density at radius 1 is 1.29 bits per heavy atom. The SMILES string of the molecule is CC(Cl)c1nc2cc(I)c(F)cc2n1C1CCCCCC1. The fraction of sp³-hybridized carbons (Fsp3) is 0.562. The highest BCUT2D eigenvalue weighted by Crippen LogP contribution is 2.35. The van der Waals surface area contributed by atoms with E-state index in [1.807, 2.05) is 35.6 Å². The number of aromatic nitrogens is 2. The molecule has 1 atom stereocenters. The van der Waals surface area contributed by atoms with E-state index in [2.05, 4.69) is 9.55 Å². The first kappa shape index (κ1) is 15.5. The summed E-state index contributed by atoms with van der Waals surface area (Å²) in [6.07, 6.45) is 7.31. The van der Waals surface area contributed by atoms with E-state index in [0.717, 1.165) is 29.7 Å². The van der Waals surface area contributed by atoms with Crippen molar-refractivity contribution >= 4 is 45.2 Å². The Labute approximate surface area is 143 Å². The highest BCUT2D eigenvalue weighted by molar-refractivity contribution is 14.1. The van der Waals surface area contributed by atoms with Crippen molar-refractivity contribution in [2.75, 3.05) is 0 Å². The van der Waals surface area contributed by atoms with E-state index in [0.29, 0.717) is 9.61 Å². The van der Waals surface area contributed by atoms with Gasteiger partial charge in [-0.1, -0.05) is 25.7 Å². The standard InChI is InChI=1S/C16H19ClFIN2/c1-10(17)16-20-14-9-13(19)12(18)8-15(14)21(16)11-6-4-2-3-5-7-11/h8-11H,2-7H2,1H3. The van der Waals surface area contributed by atoms with Crippen LogP contribution in [0.2, 0.25) is 0 Å². The lowest BCUT2D eigenvalue weighted by molar-refractivity contribution is 0.439. The first-order valence-corrected chi connectivity index (χ1v) is 9.10. The summed E-state index contributed by atoms with van der Waals surface area (Å²) in [6.45, 7) is 1.94. The maximum atomic E-state index is 14.0. The van der Waals surface area contributed by atoms with Gasteiger partial charge in [-0.15, -0.1) is 11.6 Å². The van der Waals surface area contributed by atoms with Crippen molar-refractivity contribution in [1.82, 2.24) is 9.55 Å². The van der Waals surface area contributed by atoms with Crippen molar-refractivity contribution in [3.05, 3.63) is 27.3 Å². The molecule has 1 heterocycles. The van der Waals surface area contributed by atoms with Crippen LogP contribution in [0.1, 0.15) is 62.7 Å². The van der Waals surface area contributed by atoms with Crippen LogP contribution in [-0.2, 0) is 0 Å². The number of hydrogen-bond donors (Lipinski definition) is 0. The maximum Gasteiger partial charge on any atom is 0.138 e. The van der Waals surface area contributed by atoms with Crippen molar-refractivity contribution < 1.29 is 4.39 Å². The van der Waals surface area contributed by atoms with Crippen molar-refractivity contribution in [1.29, 1.82) is 0 Å². The zero-order valence-corrected chi connectivity index (χ0v) is 15.0. The molecule has 1 fully saturated rings. The van der Waals surface area contributed by atoms with Gasteiger partial charge in [0.1, 0.15) is 11.6 Å². The van der Waals surface area contributed by atoms with E-state index < -0.39 is 0 Å². The number of imidazole rings is 1. The van der Waals surface area contributed by atoms with Gasteiger partial charge in [0.25, 0.3) is 0 Å². The molecule has 2 aromatic rings. The molecule has 0 spiro atoms. The first-order valence-electron chi connectivity index (χ1n) is 7.59. The predicted octanol–water partition coefficient (Wildman–Crippen LogP) is 5.98. The van der Waals surface area contributed by atoms with E-state index in [1.54, 1.807) is 6.07 Å². The van der Waals surface area contributed by atoms with Gasteiger partial charge in [-0.25, -0.2) is 9.37 Å². The summed E-state index contributed by atoms with van der Waals surface area (Å²) < 4.78 is 16.8. The lowest BCUT2D eigenvalue weighted by Crippen LogP contribution is -2.12. The van der Waals surface area contributed by atoms with Gasteiger partial charge in [0, 0.05) is 12.1 Å². The van der Waals surface area contributed by atoms with Crippen LogP contribution in [0, 0.1) is 9.39 Å². The van der Waals surface area contributed by atoms with Crippen LogP contribution in [0.4, 0.5) is 4.39 Å². The molecule has 0 radical (unpaired) electrons. The monoisotopic (exact) mass is 420 g/mol. The fourth-order valence-corrected chi connectivity index (χ4v) is 3.89. The molecular formula is C16H19ClFIN2. The van der Waals surface area contributed by atoms with Crippen molar-refractivity contribution in [2.24, 2.45) is 0 Å². The van der Waals surface area contributed by atoms with Gasteiger partial charge in [-0.2, -0.15) is 0 Å². The number of hydrogen-bond acceptors (Lipinski definition) is 1. The van der Waals surface area contributed by atoms with Gasteiger partial charge in [-0.3, -0.25) is 0 Å². The van der Waals surface area contributed by atoms with Gasteiger partial charge in [-0.05, 0) is 48.4 Å². The molecule has 1 aromatic heterocycles. The highest BCUT2D eigenvalue weighted by Gasteiger charge is 2.23. The van der Waals surface area contributed by atoms with E-state index >= 15 is 0 Å². The summed E-state index contributed by atoms with van der Waals surface area (Å²) in [5, 5.41) is -0.165. The second kappa shape index (κ2) is 6.41. The van der Waals surface area contributed by atoms with E-state index in [1.165, 1.54) is 25.7 Å². The normalized spacial score (nSPS) is 18.9. The molecular weight excluding hydrogens is 402 g/mol. The number of benzene rings is 1. The lowest BCUT2D eigenvalue weighted by atomic mass is 10.1. The quantitative estimate of drug-likeness (QED) is 0.332. The molecule has 0 N–H and O–H groups in total. The molecule has 5 heteroatoms. The third-order valence-electron chi connectivity index (χ3n) is 4.30. The smallest absolute Gasteiger partial charge is 0.138 e. The van der Waals surface area contributed by atoms with Crippen molar-refractivity contribution in [3.8, 4) is 0 Å². The molecule has 0 bridgehead atoms. The fourth-order valence-electron chi connectivity index (χ4n) is 3.29. The van der Waals surface area contributed by atoms with Gasteiger partial charge in [0.05, 0.1) is 20.0 Å². The summed E-state index contributed by atoms with van der Waals surface area (Å²) in [7, 11) is 0. The highest BCUT2D eigenvalue weighted by atomic mass is 127. The molecule has 0 saturated heterocycles. The average molecular weight is 421 g/mol. The van der Waals surface area contributed by atoms with Crippen LogP contribution in [0.3, 0.4) is 0 Å². The zero-order chi connectivity index (χ0) is 15.0. The van der Waals surface area contributed by atoms with Crippen LogP contribution < -0.4 is 0 Å².